The number of pyridine rings is 1. The molecule has 0 fully saturated rings. The summed E-state index contributed by atoms with van der Waals surface area (Å²) in [5, 5.41) is 0. The van der Waals surface area contributed by atoms with Crippen LogP contribution in [0.5, 0.6) is 11.5 Å². The Hall–Kier alpha value is -2.07. The van der Waals surface area contributed by atoms with E-state index in [0.717, 1.165) is 30.0 Å². The summed E-state index contributed by atoms with van der Waals surface area (Å²) >= 11 is 0. The van der Waals surface area contributed by atoms with E-state index in [9.17, 15) is 0 Å². The van der Waals surface area contributed by atoms with Crippen LogP contribution >= 0.6 is 0 Å². The average Bonchev–Trinajstić information content (AvgIpc) is 2.60. The van der Waals surface area contributed by atoms with Crippen molar-refractivity contribution in [3.8, 4) is 11.5 Å². The Bertz CT molecular complexity index is 587. The zero-order valence-corrected chi connectivity index (χ0v) is 14.0. The van der Waals surface area contributed by atoms with Crippen molar-refractivity contribution in [2.24, 2.45) is 5.73 Å². The Morgan fingerprint density at radius 3 is 2.61 bits per heavy atom. The van der Waals surface area contributed by atoms with Crippen LogP contribution in [-0.2, 0) is 6.42 Å². The fraction of sp³-hybridized carbons (Fsp3) is 0.421. The smallest absolute Gasteiger partial charge is 0.161 e. The van der Waals surface area contributed by atoms with Gasteiger partial charge in [-0.2, -0.15) is 0 Å². The molecule has 0 aliphatic heterocycles. The standard InChI is InChI=1S/C19H26N2O2/c1-3-11-23-18-9-8-15(13-19(18)22-4-2)12-16(14-20)17-7-5-6-10-21-17/h5-10,13,16H,3-4,11-12,14,20H2,1-2H3. The molecule has 2 N–H and O–H groups in total. The minimum absolute atomic E-state index is 0.202. The van der Waals surface area contributed by atoms with Crippen molar-refractivity contribution in [2.75, 3.05) is 19.8 Å². The molecule has 1 aromatic heterocycles. The molecule has 124 valence electrons. The molecule has 1 heterocycles. The Labute approximate surface area is 138 Å². The van der Waals surface area contributed by atoms with Gasteiger partial charge in [0.05, 0.1) is 13.2 Å². The average molecular weight is 314 g/mol. The van der Waals surface area contributed by atoms with Gasteiger partial charge >= 0.3 is 0 Å². The van der Waals surface area contributed by atoms with Crippen LogP contribution in [0.1, 0.15) is 37.4 Å². The molecule has 0 aliphatic carbocycles. The monoisotopic (exact) mass is 314 g/mol. The minimum Gasteiger partial charge on any atom is -0.490 e. The summed E-state index contributed by atoms with van der Waals surface area (Å²) in [4.78, 5) is 4.43. The van der Waals surface area contributed by atoms with E-state index >= 15 is 0 Å². The lowest BCUT2D eigenvalue weighted by Crippen LogP contribution is -2.16. The molecule has 1 unspecified atom stereocenters. The van der Waals surface area contributed by atoms with E-state index in [1.165, 1.54) is 5.56 Å². The fourth-order valence-corrected chi connectivity index (χ4v) is 2.49. The zero-order valence-electron chi connectivity index (χ0n) is 14.0. The summed E-state index contributed by atoms with van der Waals surface area (Å²) in [6, 6.07) is 12.1. The molecule has 0 spiro atoms. The van der Waals surface area contributed by atoms with Crippen LogP contribution in [0.4, 0.5) is 0 Å². The third kappa shape index (κ3) is 4.96. The molecular weight excluding hydrogens is 288 g/mol. The Morgan fingerprint density at radius 1 is 1.09 bits per heavy atom. The second kappa shape index (κ2) is 9.16. The number of hydrogen-bond acceptors (Lipinski definition) is 4. The van der Waals surface area contributed by atoms with Crippen molar-refractivity contribution < 1.29 is 9.47 Å². The van der Waals surface area contributed by atoms with Gasteiger partial charge in [0.1, 0.15) is 0 Å². The Kier molecular flexibility index (Phi) is 6.88. The lowest BCUT2D eigenvalue weighted by Gasteiger charge is -2.17. The zero-order chi connectivity index (χ0) is 16.5. The highest BCUT2D eigenvalue weighted by molar-refractivity contribution is 5.43. The minimum atomic E-state index is 0.202. The van der Waals surface area contributed by atoms with Crippen molar-refractivity contribution in [3.63, 3.8) is 0 Å². The summed E-state index contributed by atoms with van der Waals surface area (Å²) in [7, 11) is 0. The molecule has 1 aromatic carbocycles. The van der Waals surface area contributed by atoms with Gasteiger partial charge in [-0.3, -0.25) is 4.98 Å². The predicted molar refractivity (Wildman–Crippen MR) is 93.1 cm³/mol. The lowest BCUT2D eigenvalue weighted by atomic mass is 9.95. The molecule has 23 heavy (non-hydrogen) atoms. The molecular formula is C19H26N2O2. The molecule has 4 heteroatoms. The van der Waals surface area contributed by atoms with Gasteiger partial charge in [-0.1, -0.05) is 19.1 Å². The van der Waals surface area contributed by atoms with E-state index in [0.29, 0.717) is 19.8 Å². The van der Waals surface area contributed by atoms with Gasteiger partial charge in [0.2, 0.25) is 0 Å². The summed E-state index contributed by atoms with van der Waals surface area (Å²) in [6.07, 6.45) is 3.62. The Morgan fingerprint density at radius 2 is 1.96 bits per heavy atom. The maximum atomic E-state index is 5.95. The first-order valence-electron chi connectivity index (χ1n) is 8.28. The van der Waals surface area contributed by atoms with E-state index < -0.39 is 0 Å². The molecule has 0 amide bonds. The van der Waals surface area contributed by atoms with Crippen molar-refractivity contribution in [3.05, 3.63) is 53.9 Å². The first kappa shape index (κ1) is 17.3. The number of nitrogens with zero attached hydrogens (tertiary/aromatic N) is 1. The number of nitrogens with two attached hydrogens (primary N) is 1. The summed E-state index contributed by atoms with van der Waals surface area (Å²) < 4.78 is 11.5. The third-order valence-corrected chi connectivity index (χ3v) is 3.64. The van der Waals surface area contributed by atoms with E-state index in [1.807, 2.05) is 37.4 Å². The van der Waals surface area contributed by atoms with Gasteiger partial charge < -0.3 is 15.2 Å². The molecule has 0 saturated heterocycles. The highest BCUT2D eigenvalue weighted by Crippen LogP contribution is 2.30. The van der Waals surface area contributed by atoms with Crippen molar-refractivity contribution >= 4 is 0 Å². The van der Waals surface area contributed by atoms with Crippen molar-refractivity contribution in [1.82, 2.24) is 4.98 Å². The number of rotatable bonds is 9. The van der Waals surface area contributed by atoms with Gasteiger partial charge in [-0.25, -0.2) is 0 Å². The first-order chi connectivity index (χ1) is 11.3. The second-order valence-corrected chi connectivity index (χ2v) is 5.45. The SMILES string of the molecule is CCCOc1ccc(CC(CN)c2ccccn2)cc1OCC. The van der Waals surface area contributed by atoms with Gasteiger partial charge in [0.25, 0.3) is 0 Å². The summed E-state index contributed by atoms with van der Waals surface area (Å²) in [5.74, 6) is 1.81. The van der Waals surface area contributed by atoms with Crippen LogP contribution in [0.25, 0.3) is 0 Å². The Balaban J connectivity index is 2.16. The fourth-order valence-electron chi connectivity index (χ4n) is 2.49. The highest BCUT2D eigenvalue weighted by Gasteiger charge is 2.14. The number of ether oxygens (including phenoxy) is 2. The summed E-state index contributed by atoms with van der Waals surface area (Å²) in [5.41, 5.74) is 8.16. The molecule has 2 rings (SSSR count). The molecule has 0 saturated carbocycles. The van der Waals surface area contributed by atoms with Gasteiger partial charge in [0.15, 0.2) is 11.5 Å². The molecule has 0 bridgehead atoms. The first-order valence-corrected chi connectivity index (χ1v) is 8.28. The van der Waals surface area contributed by atoms with Gasteiger partial charge in [-0.05, 0) is 49.6 Å². The maximum Gasteiger partial charge on any atom is 0.161 e. The van der Waals surface area contributed by atoms with Crippen molar-refractivity contribution in [1.29, 1.82) is 0 Å². The number of aromatic nitrogens is 1. The maximum absolute atomic E-state index is 5.95. The molecule has 4 nitrogen and oxygen atoms in total. The van der Waals surface area contributed by atoms with Crippen LogP contribution in [-0.4, -0.2) is 24.7 Å². The predicted octanol–water partition coefficient (Wildman–Crippen LogP) is 3.55. The number of benzene rings is 1. The van der Waals surface area contributed by atoms with E-state index in [-0.39, 0.29) is 5.92 Å². The molecule has 2 aromatic rings. The van der Waals surface area contributed by atoms with E-state index in [2.05, 4.69) is 24.0 Å². The highest BCUT2D eigenvalue weighted by atomic mass is 16.5. The quantitative estimate of drug-likeness (QED) is 0.769. The topological polar surface area (TPSA) is 57.4 Å². The van der Waals surface area contributed by atoms with Gasteiger partial charge in [-0.15, -0.1) is 0 Å². The normalized spacial score (nSPS) is 12.0. The van der Waals surface area contributed by atoms with E-state index in [1.54, 1.807) is 0 Å². The second-order valence-electron chi connectivity index (χ2n) is 5.45. The van der Waals surface area contributed by atoms with E-state index in [4.69, 9.17) is 15.2 Å². The largest absolute Gasteiger partial charge is 0.490 e. The molecule has 0 radical (unpaired) electrons. The van der Waals surface area contributed by atoms with Crippen molar-refractivity contribution in [2.45, 2.75) is 32.6 Å². The third-order valence-electron chi connectivity index (χ3n) is 3.64. The molecule has 1 atom stereocenters. The van der Waals surface area contributed by atoms with Crippen LogP contribution in [0.15, 0.2) is 42.6 Å². The summed E-state index contributed by atoms with van der Waals surface area (Å²) in [6.45, 7) is 5.95. The number of hydrogen-bond donors (Lipinski definition) is 1. The molecule has 0 aliphatic rings. The van der Waals surface area contributed by atoms with Gasteiger partial charge in [0, 0.05) is 24.4 Å². The van der Waals surface area contributed by atoms with Crippen LogP contribution in [0.2, 0.25) is 0 Å². The lowest BCUT2D eigenvalue weighted by molar-refractivity contribution is 0.276. The van der Waals surface area contributed by atoms with Crippen LogP contribution < -0.4 is 15.2 Å². The van der Waals surface area contributed by atoms with Crippen LogP contribution in [0.3, 0.4) is 0 Å². The van der Waals surface area contributed by atoms with Crippen LogP contribution in [0, 0.1) is 0 Å².